The lowest BCUT2D eigenvalue weighted by molar-refractivity contribution is -0.118. The van der Waals surface area contributed by atoms with E-state index in [1.54, 1.807) is 12.1 Å². The second kappa shape index (κ2) is 5.67. The minimum atomic E-state index is -0.582. The van der Waals surface area contributed by atoms with Gasteiger partial charge in [0, 0.05) is 0 Å². The third kappa shape index (κ3) is 3.45. The molecule has 17 heavy (non-hydrogen) atoms. The van der Waals surface area contributed by atoms with Crippen molar-refractivity contribution in [3.8, 4) is 6.07 Å². The van der Waals surface area contributed by atoms with Crippen molar-refractivity contribution in [3.63, 3.8) is 0 Å². The predicted octanol–water partition coefficient (Wildman–Crippen LogP) is 2.13. The number of nitrogens with two attached hydrogens (primary N) is 1. The second-order valence-corrected chi connectivity index (χ2v) is 4.47. The van der Waals surface area contributed by atoms with Gasteiger partial charge in [-0.3, -0.25) is 4.79 Å². The summed E-state index contributed by atoms with van der Waals surface area (Å²) in [7, 11) is 0. The fourth-order valence-corrected chi connectivity index (χ4v) is 1.43. The largest absolute Gasteiger partial charge is 0.323 e. The van der Waals surface area contributed by atoms with Crippen molar-refractivity contribution in [1.82, 2.24) is 0 Å². The zero-order chi connectivity index (χ0) is 13.0. The molecular formula is C12H14ClN3O. The van der Waals surface area contributed by atoms with E-state index in [9.17, 15) is 4.79 Å². The summed E-state index contributed by atoms with van der Waals surface area (Å²) in [6.07, 6.45) is 0. The van der Waals surface area contributed by atoms with Gasteiger partial charge in [0.2, 0.25) is 5.91 Å². The average Bonchev–Trinajstić information content (AvgIpc) is 2.30. The molecule has 0 fully saturated rings. The lowest BCUT2D eigenvalue weighted by Crippen LogP contribution is -2.39. The number of nitrogens with zero attached hydrogens (tertiary/aromatic N) is 1. The summed E-state index contributed by atoms with van der Waals surface area (Å²) >= 11 is 5.93. The van der Waals surface area contributed by atoms with Crippen LogP contribution in [0.3, 0.4) is 0 Å². The first kappa shape index (κ1) is 13.5. The molecular weight excluding hydrogens is 238 g/mol. The fourth-order valence-electron chi connectivity index (χ4n) is 1.20. The molecule has 0 saturated heterocycles. The lowest BCUT2D eigenvalue weighted by Gasteiger charge is -2.15. The van der Waals surface area contributed by atoms with E-state index in [1.807, 2.05) is 19.9 Å². The van der Waals surface area contributed by atoms with Gasteiger partial charge >= 0.3 is 0 Å². The van der Waals surface area contributed by atoms with Crippen LogP contribution in [0.2, 0.25) is 5.02 Å². The smallest absolute Gasteiger partial charge is 0.241 e. The Kier molecular flexibility index (Phi) is 4.50. The molecule has 1 amide bonds. The number of amides is 1. The Labute approximate surface area is 105 Å². The van der Waals surface area contributed by atoms with Crippen LogP contribution < -0.4 is 11.1 Å². The van der Waals surface area contributed by atoms with Crippen LogP contribution in [0.4, 0.5) is 5.69 Å². The van der Waals surface area contributed by atoms with Crippen LogP contribution >= 0.6 is 11.6 Å². The van der Waals surface area contributed by atoms with Gasteiger partial charge < -0.3 is 11.1 Å². The van der Waals surface area contributed by atoms with Crippen molar-refractivity contribution in [2.75, 3.05) is 5.32 Å². The molecule has 90 valence electrons. The minimum absolute atomic E-state index is 0.0483. The SMILES string of the molecule is CC(C)[C@H](N)C(=O)Nc1ccc(C#N)cc1Cl. The highest BCUT2D eigenvalue weighted by molar-refractivity contribution is 6.33. The topological polar surface area (TPSA) is 78.9 Å². The van der Waals surface area contributed by atoms with Gasteiger partial charge in [0.05, 0.1) is 28.4 Å². The van der Waals surface area contributed by atoms with Crippen LogP contribution in [-0.4, -0.2) is 11.9 Å². The molecule has 0 aromatic heterocycles. The first-order chi connectivity index (χ1) is 7.95. The van der Waals surface area contributed by atoms with Gasteiger partial charge in [0.1, 0.15) is 0 Å². The maximum atomic E-state index is 11.7. The zero-order valence-corrected chi connectivity index (χ0v) is 10.5. The van der Waals surface area contributed by atoms with E-state index < -0.39 is 6.04 Å². The molecule has 0 saturated carbocycles. The minimum Gasteiger partial charge on any atom is -0.323 e. The third-order valence-electron chi connectivity index (χ3n) is 2.38. The van der Waals surface area contributed by atoms with Gasteiger partial charge in [-0.15, -0.1) is 0 Å². The number of hydrogen-bond acceptors (Lipinski definition) is 3. The molecule has 0 radical (unpaired) electrons. The molecule has 0 unspecified atom stereocenters. The third-order valence-corrected chi connectivity index (χ3v) is 2.69. The van der Waals surface area contributed by atoms with Gasteiger partial charge in [-0.05, 0) is 24.1 Å². The Morgan fingerprint density at radius 3 is 2.65 bits per heavy atom. The Morgan fingerprint density at radius 1 is 1.53 bits per heavy atom. The van der Waals surface area contributed by atoms with E-state index in [4.69, 9.17) is 22.6 Å². The molecule has 5 heteroatoms. The summed E-state index contributed by atoms with van der Waals surface area (Å²) in [6, 6.07) is 6.06. The quantitative estimate of drug-likeness (QED) is 0.864. The van der Waals surface area contributed by atoms with Gasteiger partial charge in [-0.2, -0.15) is 5.26 Å². The summed E-state index contributed by atoms with van der Waals surface area (Å²) in [5.41, 5.74) is 6.62. The van der Waals surface area contributed by atoms with Crippen molar-refractivity contribution in [2.45, 2.75) is 19.9 Å². The Morgan fingerprint density at radius 2 is 2.18 bits per heavy atom. The predicted molar refractivity (Wildman–Crippen MR) is 67.6 cm³/mol. The summed E-state index contributed by atoms with van der Waals surface area (Å²) in [5, 5.41) is 11.6. The van der Waals surface area contributed by atoms with Crippen LogP contribution in [0.1, 0.15) is 19.4 Å². The van der Waals surface area contributed by atoms with Crippen LogP contribution in [0.15, 0.2) is 18.2 Å². The Hall–Kier alpha value is -1.57. The van der Waals surface area contributed by atoms with Crippen molar-refractivity contribution < 1.29 is 4.79 Å². The number of halogens is 1. The molecule has 0 bridgehead atoms. The number of rotatable bonds is 3. The highest BCUT2D eigenvalue weighted by atomic mass is 35.5. The molecule has 1 aromatic rings. The van der Waals surface area contributed by atoms with Gasteiger partial charge in [0.25, 0.3) is 0 Å². The normalized spacial score (nSPS) is 12.0. The van der Waals surface area contributed by atoms with E-state index in [1.165, 1.54) is 6.07 Å². The first-order valence-corrected chi connectivity index (χ1v) is 5.59. The molecule has 0 spiro atoms. The molecule has 0 aliphatic heterocycles. The van der Waals surface area contributed by atoms with Crippen LogP contribution in [0.5, 0.6) is 0 Å². The summed E-state index contributed by atoms with van der Waals surface area (Å²) in [6.45, 7) is 3.73. The van der Waals surface area contributed by atoms with Gasteiger partial charge in [-0.1, -0.05) is 25.4 Å². The monoisotopic (exact) mass is 251 g/mol. The van der Waals surface area contributed by atoms with Crippen molar-refractivity contribution in [3.05, 3.63) is 28.8 Å². The van der Waals surface area contributed by atoms with Crippen molar-refractivity contribution in [1.29, 1.82) is 5.26 Å². The lowest BCUT2D eigenvalue weighted by atomic mass is 10.0. The summed E-state index contributed by atoms with van der Waals surface area (Å²) < 4.78 is 0. The number of carbonyl (C=O) groups excluding carboxylic acids is 1. The molecule has 0 aliphatic rings. The number of nitrogens with one attached hydrogen (secondary N) is 1. The van der Waals surface area contributed by atoms with E-state index >= 15 is 0 Å². The molecule has 4 nitrogen and oxygen atoms in total. The highest BCUT2D eigenvalue weighted by Gasteiger charge is 2.18. The molecule has 0 aliphatic carbocycles. The van der Waals surface area contributed by atoms with Crippen LogP contribution in [0.25, 0.3) is 0 Å². The van der Waals surface area contributed by atoms with Crippen molar-refractivity contribution >= 4 is 23.2 Å². The van der Waals surface area contributed by atoms with E-state index in [0.29, 0.717) is 16.3 Å². The van der Waals surface area contributed by atoms with E-state index in [2.05, 4.69) is 5.32 Å². The summed E-state index contributed by atoms with van der Waals surface area (Å²) in [5.74, 6) is -0.237. The number of nitriles is 1. The first-order valence-electron chi connectivity index (χ1n) is 5.21. The van der Waals surface area contributed by atoms with Gasteiger partial charge in [-0.25, -0.2) is 0 Å². The Balaban J connectivity index is 2.83. The second-order valence-electron chi connectivity index (χ2n) is 4.07. The molecule has 0 heterocycles. The number of carbonyl (C=O) groups is 1. The number of hydrogen-bond donors (Lipinski definition) is 2. The maximum Gasteiger partial charge on any atom is 0.241 e. The van der Waals surface area contributed by atoms with E-state index in [0.717, 1.165) is 0 Å². The highest BCUT2D eigenvalue weighted by Crippen LogP contribution is 2.23. The standard InChI is InChI=1S/C12H14ClN3O/c1-7(2)11(15)12(17)16-10-4-3-8(6-14)5-9(10)13/h3-5,7,11H,15H2,1-2H3,(H,16,17)/t11-/m0/s1. The molecule has 1 rings (SSSR count). The average molecular weight is 252 g/mol. The molecule has 3 N–H and O–H groups in total. The number of anilines is 1. The number of benzene rings is 1. The fraction of sp³-hybridized carbons (Fsp3) is 0.333. The Bertz CT molecular complexity index is 465. The summed E-state index contributed by atoms with van der Waals surface area (Å²) in [4.78, 5) is 11.7. The van der Waals surface area contributed by atoms with E-state index in [-0.39, 0.29) is 11.8 Å². The van der Waals surface area contributed by atoms with Crippen LogP contribution in [-0.2, 0) is 4.79 Å². The molecule has 1 aromatic carbocycles. The van der Waals surface area contributed by atoms with Crippen molar-refractivity contribution in [2.24, 2.45) is 11.7 Å². The molecule has 1 atom stereocenters. The zero-order valence-electron chi connectivity index (χ0n) is 9.70. The van der Waals surface area contributed by atoms with Crippen LogP contribution in [0, 0.1) is 17.2 Å². The maximum absolute atomic E-state index is 11.7. The van der Waals surface area contributed by atoms with Gasteiger partial charge in [0.15, 0.2) is 0 Å².